The molecule has 0 bridgehead atoms. The molecule has 1 saturated carbocycles. The maximum Gasteiger partial charge on any atom is 0.326 e. The van der Waals surface area contributed by atoms with Crippen molar-refractivity contribution in [3.05, 3.63) is 35.9 Å². The summed E-state index contributed by atoms with van der Waals surface area (Å²) in [5.41, 5.74) is 0.0917. The van der Waals surface area contributed by atoms with E-state index in [-0.39, 0.29) is 23.6 Å². The molecule has 28 heavy (non-hydrogen) atoms. The standard InChI is InChI=1S/C22H29N3O3/c1-16-7-11-22(12-8-16)20(27)25(21(28)23-22)15-24-13-9-18(10-14-24)19(26)17-5-3-2-4-6-17/h2-6,16,18H,7-15H2,1H3,(H,23,28). The topological polar surface area (TPSA) is 69.7 Å². The third-order valence-electron chi connectivity index (χ3n) is 6.73. The van der Waals surface area contributed by atoms with Crippen molar-refractivity contribution in [3.8, 4) is 0 Å². The Kier molecular flexibility index (Phi) is 5.23. The third kappa shape index (κ3) is 3.58. The van der Waals surface area contributed by atoms with Crippen molar-refractivity contribution in [1.82, 2.24) is 15.1 Å². The number of likely N-dealkylation sites (tertiary alicyclic amines) is 1. The number of nitrogens with one attached hydrogen (secondary N) is 1. The summed E-state index contributed by atoms with van der Waals surface area (Å²) in [5.74, 6) is 0.774. The van der Waals surface area contributed by atoms with Gasteiger partial charge in [0.05, 0.1) is 6.67 Å². The maximum atomic E-state index is 13.0. The van der Waals surface area contributed by atoms with Gasteiger partial charge in [-0.3, -0.25) is 14.5 Å². The molecule has 2 heterocycles. The molecule has 0 atom stereocenters. The maximum absolute atomic E-state index is 13.0. The van der Waals surface area contributed by atoms with Crippen LogP contribution in [0.15, 0.2) is 30.3 Å². The Morgan fingerprint density at radius 3 is 2.36 bits per heavy atom. The molecule has 150 valence electrons. The molecule has 3 fully saturated rings. The van der Waals surface area contributed by atoms with Crippen LogP contribution in [-0.2, 0) is 4.79 Å². The highest BCUT2D eigenvalue weighted by Crippen LogP contribution is 2.36. The van der Waals surface area contributed by atoms with E-state index >= 15 is 0 Å². The number of benzene rings is 1. The van der Waals surface area contributed by atoms with Crippen LogP contribution in [0.1, 0.15) is 55.8 Å². The molecule has 6 heteroatoms. The second-order valence-electron chi connectivity index (χ2n) is 8.69. The van der Waals surface area contributed by atoms with Crippen molar-refractivity contribution in [3.63, 3.8) is 0 Å². The first-order valence-electron chi connectivity index (χ1n) is 10.4. The number of carbonyl (C=O) groups excluding carboxylic acids is 3. The average molecular weight is 383 g/mol. The molecule has 1 aromatic rings. The van der Waals surface area contributed by atoms with Crippen LogP contribution in [0.4, 0.5) is 4.79 Å². The van der Waals surface area contributed by atoms with Crippen LogP contribution < -0.4 is 5.32 Å². The molecule has 2 saturated heterocycles. The van der Waals surface area contributed by atoms with E-state index in [1.165, 1.54) is 4.90 Å². The summed E-state index contributed by atoms with van der Waals surface area (Å²) < 4.78 is 0. The fourth-order valence-electron chi connectivity index (χ4n) is 4.77. The van der Waals surface area contributed by atoms with Gasteiger partial charge in [-0.05, 0) is 44.4 Å². The van der Waals surface area contributed by atoms with Crippen LogP contribution in [0, 0.1) is 11.8 Å². The predicted octanol–water partition coefficient (Wildman–Crippen LogP) is 3.04. The van der Waals surface area contributed by atoms with Gasteiger partial charge < -0.3 is 5.32 Å². The van der Waals surface area contributed by atoms with Crippen LogP contribution in [-0.4, -0.2) is 52.8 Å². The summed E-state index contributed by atoms with van der Waals surface area (Å²) in [5, 5.41) is 2.98. The Bertz CT molecular complexity index is 748. The van der Waals surface area contributed by atoms with Gasteiger partial charge in [-0.15, -0.1) is 0 Å². The summed E-state index contributed by atoms with van der Waals surface area (Å²) in [6.07, 6.45) is 4.96. The molecule has 4 rings (SSSR count). The van der Waals surface area contributed by atoms with Gasteiger partial charge in [-0.2, -0.15) is 0 Å². The van der Waals surface area contributed by atoms with E-state index in [1.807, 2.05) is 30.3 Å². The molecule has 2 aliphatic heterocycles. The third-order valence-corrected chi connectivity index (χ3v) is 6.73. The lowest BCUT2D eigenvalue weighted by atomic mass is 9.77. The minimum absolute atomic E-state index is 0.0212. The number of hydrogen-bond acceptors (Lipinski definition) is 4. The highest BCUT2D eigenvalue weighted by atomic mass is 16.2. The van der Waals surface area contributed by atoms with Crippen LogP contribution in [0.5, 0.6) is 0 Å². The van der Waals surface area contributed by atoms with Gasteiger partial charge in [0.25, 0.3) is 5.91 Å². The molecule has 1 spiro atoms. The van der Waals surface area contributed by atoms with Crippen molar-refractivity contribution in [1.29, 1.82) is 0 Å². The van der Waals surface area contributed by atoms with E-state index in [1.54, 1.807) is 0 Å². The van der Waals surface area contributed by atoms with Gasteiger partial charge in [0.1, 0.15) is 5.54 Å². The highest BCUT2D eigenvalue weighted by molar-refractivity contribution is 6.07. The molecule has 0 unspecified atom stereocenters. The predicted molar refractivity (Wildman–Crippen MR) is 106 cm³/mol. The molecular formula is C22H29N3O3. The van der Waals surface area contributed by atoms with Gasteiger partial charge in [-0.25, -0.2) is 9.69 Å². The molecule has 1 N–H and O–H groups in total. The summed E-state index contributed by atoms with van der Waals surface area (Å²) in [7, 11) is 0. The number of hydrogen-bond donors (Lipinski definition) is 1. The zero-order chi connectivity index (χ0) is 19.7. The van der Waals surface area contributed by atoms with Crippen LogP contribution in [0.25, 0.3) is 0 Å². The van der Waals surface area contributed by atoms with Gasteiger partial charge in [0.15, 0.2) is 5.78 Å². The normalized spacial score (nSPS) is 29.3. The van der Waals surface area contributed by atoms with E-state index in [0.29, 0.717) is 12.6 Å². The highest BCUT2D eigenvalue weighted by Gasteiger charge is 2.52. The van der Waals surface area contributed by atoms with Crippen molar-refractivity contribution < 1.29 is 14.4 Å². The number of nitrogens with zero attached hydrogens (tertiary/aromatic N) is 2. The summed E-state index contributed by atoms with van der Waals surface area (Å²) in [6.45, 7) is 3.98. The van der Waals surface area contributed by atoms with Gasteiger partial charge >= 0.3 is 6.03 Å². The number of rotatable bonds is 4. The number of carbonyl (C=O) groups is 3. The molecule has 6 nitrogen and oxygen atoms in total. The van der Waals surface area contributed by atoms with Crippen LogP contribution in [0.3, 0.4) is 0 Å². The summed E-state index contributed by atoms with van der Waals surface area (Å²) in [4.78, 5) is 41.6. The van der Waals surface area contributed by atoms with Gasteiger partial charge in [0.2, 0.25) is 0 Å². The van der Waals surface area contributed by atoms with E-state index in [2.05, 4.69) is 17.1 Å². The number of urea groups is 1. The molecule has 1 aromatic carbocycles. The number of Topliss-reactive ketones (excluding diaryl/α,β-unsaturated/α-hetero) is 1. The van der Waals surface area contributed by atoms with Gasteiger partial charge in [-0.1, -0.05) is 37.3 Å². The Labute approximate surface area is 166 Å². The number of amides is 3. The van der Waals surface area contributed by atoms with E-state index in [9.17, 15) is 14.4 Å². The lowest BCUT2D eigenvalue weighted by Gasteiger charge is -2.35. The van der Waals surface area contributed by atoms with Crippen molar-refractivity contribution in [2.45, 2.75) is 51.0 Å². The smallest absolute Gasteiger partial charge is 0.323 e. The first-order chi connectivity index (χ1) is 13.5. The molecular weight excluding hydrogens is 354 g/mol. The Morgan fingerprint density at radius 2 is 1.71 bits per heavy atom. The second-order valence-corrected chi connectivity index (χ2v) is 8.69. The van der Waals surface area contributed by atoms with Gasteiger partial charge in [0, 0.05) is 24.6 Å². The Balaban J connectivity index is 1.33. The lowest BCUT2D eigenvalue weighted by molar-refractivity contribution is -0.134. The van der Waals surface area contributed by atoms with Crippen molar-refractivity contribution in [2.75, 3.05) is 19.8 Å². The number of imide groups is 1. The molecule has 1 aliphatic carbocycles. The lowest BCUT2D eigenvalue weighted by Crippen LogP contribution is -2.50. The number of ketones is 1. The quantitative estimate of drug-likeness (QED) is 0.641. The Hall–Kier alpha value is -2.21. The second kappa shape index (κ2) is 7.66. The first kappa shape index (κ1) is 19.1. The van der Waals surface area contributed by atoms with E-state index < -0.39 is 5.54 Å². The molecule has 0 radical (unpaired) electrons. The molecule has 3 aliphatic rings. The van der Waals surface area contributed by atoms with Crippen molar-refractivity contribution >= 4 is 17.7 Å². The first-order valence-corrected chi connectivity index (χ1v) is 10.4. The molecule has 0 aromatic heterocycles. The fraction of sp³-hybridized carbons (Fsp3) is 0.591. The monoisotopic (exact) mass is 383 g/mol. The summed E-state index contributed by atoms with van der Waals surface area (Å²) in [6, 6.07) is 9.17. The van der Waals surface area contributed by atoms with Crippen LogP contribution in [0.2, 0.25) is 0 Å². The van der Waals surface area contributed by atoms with E-state index in [0.717, 1.165) is 57.2 Å². The summed E-state index contributed by atoms with van der Waals surface area (Å²) >= 11 is 0. The Morgan fingerprint density at radius 1 is 1.07 bits per heavy atom. The fourth-order valence-corrected chi connectivity index (χ4v) is 4.77. The minimum Gasteiger partial charge on any atom is -0.323 e. The van der Waals surface area contributed by atoms with Crippen LogP contribution >= 0.6 is 0 Å². The van der Waals surface area contributed by atoms with Crippen molar-refractivity contribution in [2.24, 2.45) is 11.8 Å². The molecule has 3 amide bonds. The largest absolute Gasteiger partial charge is 0.326 e. The minimum atomic E-state index is -0.675. The number of piperidine rings is 1. The SMILES string of the molecule is CC1CCC2(CC1)NC(=O)N(CN1CCC(C(=O)c3ccccc3)CC1)C2=O. The zero-order valence-electron chi connectivity index (χ0n) is 16.5. The zero-order valence-corrected chi connectivity index (χ0v) is 16.5. The average Bonchev–Trinajstić information content (AvgIpc) is 2.95. The van der Waals surface area contributed by atoms with E-state index in [4.69, 9.17) is 0 Å².